The smallest absolute Gasteiger partial charge is 0.326 e. The van der Waals surface area contributed by atoms with Gasteiger partial charge in [0, 0.05) is 11.4 Å². The van der Waals surface area contributed by atoms with Crippen LogP contribution in [0.4, 0.5) is 11.4 Å². The van der Waals surface area contributed by atoms with Crippen LogP contribution in [0.3, 0.4) is 0 Å². The van der Waals surface area contributed by atoms with Crippen molar-refractivity contribution >= 4 is 23.3 Å². The third-order valence-electron chi connectivity index (χ3n) is 3.10. The standard InChI is InChI=1S/C17H18N2O3/c1-2-22-16(20)12-19(13-8-4-3-5-9-13)17(21)14-10-6-7-11-15(14)18/h3-11H,2,12,18H2,1H3. The molecular formula is C17H18N2O3. The lowest BCUT2D eigenvalue weighted by atomic mass is 10.1. The Morgan fingerprint density at radius 3 is 2.32 bits per heavy atom. The van der Waals surface area contributed by atoms with Crippen LogP contribution < -0.4 is 10.6 Å². The van der Waals surface area contributed by atoms with E-state index in [4.69, 9.17) is 10.5 Å². The summed E-state index contributed by atoms with van der Waals surface area (Å²) in [6, 6.07) is 15.7. The highest BCUT2D eigenvalue weighted by Crippen LogP contribution is 2.20. The summed E-state index contributed by atoms with van der Waals surface area (Å²) in [5, 5.41) is 0. The number of hydrogen-bond acceptors (Lipinski definition) is 4. The molecule has 2 N–H and O–H groups in total. The van der Waals surface area contributed by atoms with Crippen molar-refractivity contribution < 1.29 is 14.3 Å². The fourth-order valence-corrected chi connectivity index (χ4v) is 2.06. The van der Waals surface area contributed by atoms with Crippen LogP contribution >= 0.6 is 0 Å². The first-order valence-electron chi connectivity index (χ1n) is 7.00. The van der Waals surface area contributed by atoms with E-state index in [1.807, 2.05) is 6.07 Å². The summed E-state index contributed by atoms with van der Waals surface area (Å²) in [5.41, 5.74) is 7.21. The summed E-state index contributed by atoms with van der Waals surface area (Å²) in [6.07, 6.45) is 0. The lowest BCUT2D eigenvalue weighted by Gasteiger charge is -2.22. The molecule has 0 unspecified atom stereocenters. The molecule has 5 nitrogen and oxygen atoms in total. The fraction of sp³-hybridized carbons (Fsp3) is 0.176. The van der Waals surface area contributed by atoms with E-state index in [1.54, 1.807) is 55.5 Å². The van der Waals surface area contributed by atoms with Gasteiger partial charge < -0.3 is 10.5 Å². The van der Waals surface area contributed by atoms with Crippen LogP contribution in [0.15, 0.2) is 54.6 Å². The maximum absolute atomic E-state index is 12.7. The van der Waals surface area contributed by atoms with Gasteiger partial charge in [-0.15, -0.1) is 0 Å². The summed E-state index contributed by atoms with van der Waals surface area (Å²) >= 11 is 0. The number of ether oxygens (including phenoxy) is 1. The van der Waals surface area contributed by atoms with Crippen molar-refractivity contribution in [3.63, 3.8) is 0 Å². The predicted octanol–water partition coefficient (Wildman–Crippen LogP) is 2.48. The number of nitrogens with two attached hydrogens (primary N) is 1. The molecule has 0 aromatic heterocycles. The van der Waals surface area contributed by atoms with Crippen LogP contribution in [0.5, 0.6) is 0 Å². The number of anilines is 2. The van der Waals surface area contributed by atoms with Gasteiger partial charge in [-0.1, -0.05) is 30.3 Å². The third kappa shape index (κ3) is 3.63. The topological polar surface area (TPSA) is 72.6 Å². The molecule has 0 saturated heterocycles. The maximum atomic E-state index is 12.7. The second-order valence-corrected chi connectivity index (χ2v) is 4.62. The number of benzene rings is 2. The highest BCUT2D eigenvalue weighted by atomic mass is 16.5. The van der Waals surface area contributed by atoms with Crippen LogP contribution in [0.25, 0.3) is 0 Å². The molecule has 0 aliphatic carbocycles. The Morgan fingerprint density at radius 2 is 1.68 bits per heavy atom. The fourth-order valence-electron chi connectivity index (χ4n) is 2.06. The highest BCUT2D eigenvalue weighted by Gasteiger charge is 2.22. The van der Waals surface area contributed by atoms with Crippen LogP contribution in [0.1, 0.15) is 17.3 Å². The molecule has 5 heteroatoms. The highest BCUT2D eigenvalue weighted by molar-refractivity contribution is 6.11. The Labute approximate surface area is 129 Å². The van der Waals surface area contributed by atoms with E-state index in [1.165, 1.54) is 4.90 Å². The van der Waals surface area contributed by atoms with Crippen molar-refractivity contribution in [1.29, 1.82) is 0 Å². The van der Waals surface area contributed by atoms with Crippen molar-refractivity contribution in [2.75, 3.05) is 23.8 Å². The molecule has 0 saturated carbocycles. The molecule has 2 aromatic carbocycles. The van der Waals surface area contributed by atoms with Gasteiger partial charge in [0.05, 0.1) is 12.2 Å². The maximum Gasteiger partial charge on any atom is 0.326 e. The largest absolute Gasteiger partial charge is 0.465 e. The zero-order valence-electron chi connectivity index (χ0n) is 12.4. The summed E-state index contributed by atoms with van der Waals surface area (Å²) in [6.45, 7) is 1.83. The number of nitrogens with zero attached hydrogens (tertiary/aromatic N) is 1. The SMILES string of the molecule is CCOC(=O)CN(C(=O)c1ccccc1N)c1ccccc1. The molecule has 2 rings (SSSR count). The molecular weight excluding hydrogens is 280 g/mol. The normalized spacial score (nSPS) is 10.0. The first-order valence-corrected chi connectivity index (χ1v) is 7.00. The van der Waals surface area contributed by atoms with Gasteiger partial charge >= 0.3 is 5.97 Å². The quantitative estimate of drug-likeness (QED) is 0.680. The van der Waals surface area contributed by atoms with Crippen molar-refractivity contribution in [2.24, 2.45) is 0 Å². The molecule has 114 valence electrons. The average molecular weight is 298 g/mol. The second kappa shape index (κ2) is 7.26. The minimum absolute atomic E-state index is 0.162. The Bertz CT molecular complexity index is 656. The lowest BCUT2D eigenvalue weighted by Crippen LogP contribution is -2.37. The lowest BCUT2D eigenvalue weighted by molar-refractivity contribution is -0.141. The van der Waals surface area contributed by atoms with Crippen LogP contribution in [-0.2, 0) is 9.53 Å². The molecule has 0 radical (unpaired) electrons. The molecule has 0 aliphatic rings. The van der Waals surface area contributed by atoms with Crippen LogP contribution in [-0.4, -0.2) is 25.0 Å². The Hall–Kier alpha value is -2.82. The summed E-state index contributed by atoms with van der Waals surface area (Å²) in [7, 11) is 0. The van der Waals surface area contributed by atoms with Gasteiger partial charge in [0.25, 0.3) is 5.91 Å². The summed E-state index contributed by atoms with van der Waals surface area (Å²) in [5.74, 6) is -0.799. The first-order chi connectivity index (χ1) is 10.6. The number of hydrogen-bond donors (Lipinski definition) is 1. The first kappa shape index (κ1) is 15.6. The van der Waals surface area contributed by atoms with E-state index < -0.39 is 5.97 Å². The number of amides is 1. The van der Waals surface area contributed by atoms with Gasteiger partial charge in [0.1, 0.15) is 6.54 Å². The van der Waals surface area contributed by atoms with E-state index in [2.05, 4.69) is 0 Å². The molecule has 2 aromatic rings. The molecule has 1 amide bonds. The van der Waals surface area contributed by atoms with Crippen molar-refractivity contribution in [1.82, 2.24) is 0 Å². The van der Waals surface area contributed by atoms with Gasteiger partial charge in [-0.05, 0) is 31.2 Å². The number of rotatable bonds is 5. The van der Waals surface area contributed by atoms with E-state index in [-0.39, 0.29) is 19.1 Å². The minimum Gasteiger partial charge on any atom is -0.465 e. The molecule has 0 heterocycles. The third-order valence-corrected chi connectivity index (χ3v) is 3.10. The number of carbonyl (C=O) groups excluding carboxylic acids is 2. The molecule has 0 fully saturated rings. The van der Waals surface area contributed by atoms with Crippen molar-refractivity contribution in [3.05, 3.63) is 60.2 Å². The van der Waals surface area contributed by atoms with Gasteiger partial charge in [-0.3, -0.25) is 14.5 Å². The summed E-state index contributed by atoms with van der Waals surface area (Å²) in [4.78, 5) is 25.9. The monoisotopic (exact) mass is 298 g/mol. The molecule has 0 bridgehead atoms. The second-order valence-electron chi connectivity index (χ2n) is 4.62. The molecule has 0 atom stereocenters. The number of carbonyl (C=O) groups is 2. The van der Waals surface area contributed by atoms with Gasteiger partial charge in [-0.25, -0.2) is 0 Å². The zero-order chi connectivity index (χ0) is 15.9. The summed E-state index contributed by atoms with van der Waals surface area (Å²) < 4.78 is 4.95. The van der Waals surface area contributed by atoms with E-state index in [0.29, 0.717) is 16.9 Å². The zero-order valence-corrected chi connectivity index (χ0v) is 12.4. The van der Waals surface area contributed by atoms with E-state index in [9.17, 15) is 9.59 Å². The Morgan fingerprint density at radius 1 is 1.05 bits per heavy atom. The van der Waals surface area contributed by atoms with Crippen molar-refractivity contribution in [2.45, 2.75) is 6.92 Å². The number of nitrogen functional groups attached to an aromatic ring is 1. The molecule has 0 spiro atoms. The van der Waals surface area contributed by atoms with Crippen molar-refractivity contribution in [3.8, 4) is 0 Å². The molecule has 0 aliphatic heterocycles. The number of para-hydroxylation sites is 2. The van der Waals surface area contributed by atoms with Gasteiger partial charge in [0.2, 0.25) is 0 Å². The minimum atomic E-state index is -0.464. The van der Waals surface area contributed by atoms with Gasteiger partial charge in [0.15, 0.2) is 0 Å². The Balaban J connectivity index is 2.34. The van der Waals surface area contributed by atoms with Crippen LogP contribution in [0, 0.1) is 0 Å². The van der Waals surface area contributed by atoms with E-state index in [0.717, 1.165) is 0 Å². The van der Waals surface area contributed by atoms with Crippen LogP contribution in [0.2, 0.25) is 0 Å². The predicted molar refractivity (Wildman–Crippen MR) is 85.6 cm³/mol. The van der Waals surface area contributed by atoms with Gasteiger partial charge in [-0.2, -0.15) is 0 Å². The average Bonchev–Trinajstić information content (AvgIpc) is 2.53. The number of esters is 1. The Kier molecular flexibility index (Phi) is 5.14. The molecule has 22 heavy (non-hydrogen) atoms. The van der Waals surface area contributed by atoms with E-state index >= 15 is 0 Å².